The summed E-state index contributed by atoms with van der Waals surface area (Å²) in [5.41, 5.74) is 1.38. The number of nitrogens with one attached hydrogen (secondary N) is 2. The molecule has 5 rings (SSSR count). The van der Waals surface area contributed by atoms with Gasteiger partial charge in [0.2, 0.25) is 0 Å². The van der Waals surface area contributed by atoms with Crippen LogP contribution in [-0.4, -0.2) is 27.0 Å². The largest absolute Gasteiger partial charge is 0.488 e. The van der Waals surface area contributed by atoms with Crippen molar-refractivity contribution in [3.05, 3.63) is 59.1 Å². The molecule has 0 aliphatic heterocycles. The lowest BCUT2D eigenvalue weighted by atomic mass is 9.98. The molecule has 2 N–H and O–H groups in total. The van der Waals surface area contributed by atoms with Gasteiger partial charge in [-0.1, -0.05) is 6.42 Å². The van der Waals surface area contributed by atoms with Crippen LogP contribution in [0.2, 0.25) is 0 Å². The Bertz CT molecular complexity index is 1300. The van der Waals surface area contributed by atoms with E-state index in [-0.39, 0.29) is 24.4 Å². The van der Waals surface area contributed by atoms with E-state index in [1.54, 1.807) is 12.3 Å². The van der Waals surface area contributed by atoms with E-state index in [0.29, 0.717) is 32.7 Å². The molecule has 1 amide bonds. The van der Waals surface area contributed by atoms with Gasteiger partial charge in [0.1, 0.15) is 34.3 Å². The monoisotopic (exact) mass is 481 g/mol. The number of aryl methyl sites for hydroxylation is 1. The minimum atomic E-state index is -0.360. The maximum absolute atomic E-state index is 14.0. The fourth-order valence-electron chi connectivity index (χ4n) is 4.15. The summed E-state index contributed by atoms with van der Waals surface area (Å²) < 4.78 is 25.4. The van der Waals surface area contributed by atoms with Crippen LogP contribution >= 0.6 is 11.3 Å². The van der Waals surface area contributed by atoms with E-state index in [9.17, 15) is 9.18 Å². The van der Waals surface area contributed by atoms with Crippen molar-refractivity contribution in [3.8, 4) is 5.75 Å². The Kier molecular flexibility index (Phi) is 6.39. The minimum absolute atomic E-state index is 0.0732. The van der Waals surface area contributed by atoms with E-state index in [0.717, 1.165) is 36.6 Å². The first kappa shape index (κ1) is 22.3. The molecule has 0 bridgehead atoms. The van der Waals surface area contributed by atoms with Crippen LogP contribution in [0.1, 0.15) is 53.1 Å². The Morgan fingerprint density at radius 1 is 1.26 bits per heavy atom. The van der Waals surface area contributed by atoms with Crippen LogP contribution < -0.4 is 15.4 Å². The second-order valence-electron chi connectivity index (χ2n) is 8.25. The van der Waals surface area contributed by atoms with Gasteiger partial charge in [-0.15, -0.1) is 11.3 Å². The average molecular weight is 482 g/mol. The molecule has 0 saturated heterocycles. The van der Waals surface area contributed by atoms with Crippen LogP contribution in [0.3, 0.4) is 0 Å². The van der Waals surface area contributed by atoms with Gasteiger partial charge in [0.25, 0.3) is 5.91 Å². The normalized spacial score (nSPS) is 14.3. The van der Waals surface area contributed by atoms with Crippen molar-refractivity contribution in [3.63, 3.8) is 0 Å². The number of ether oxygens (including phenoxy) is 1. The van der Waals surface area contributed by atoms with E-state index >= 15 is 0 Å². The number of oxazole rings is 1. The lowest BCUT2D eigenvalue weighted by Crippen LogP contribution is -2.22. The first-order valence-corrected chi connectivity index (χ1v) is 12.0. The molecule has 0 unspecified atom stereocenters. The van der Waals surface area contributed by atoms with E-state index in [1.165, 1.54) is 42.6 Å². The minimum Gasteiger partial charge on any atom is -0.488 e. The molecule has 10 heteroatoms. The van der Waals surface area contributed by atoms with Crippen LogP contribution in [0.25, 0.3) is 10.2 Å². The molecule has 4 aromatic rings. The number of rotatable bonds is 7. The summed E-state index contributed by atoms with van der Waals surface area (Å²) in [6.45, 7) is 2.10. The Morgan fingerprint density at radius 3 is 2.91 bits per heavy atom. The van der Waals surface area contributed by atoms with Crippen LogP contribution in [0.4, 0.5) is 15.9 Å². The zero-order chi connectivity index (χ0) is 23.5. The molecule has 0 atom stereocenters. The van der Waals surface area contributed by atoms with E-state index in [2.05, 4.69) is 25.6 Å². The number of nitrogens with zero attached hydrogens (tertiary/aromatic N) is 3. The van der Waals surface area contributed by atoms with Crippen LogP contribution in [0.15, 0.2) is 41.5 Å². The van der Waals surface area contributed by atoms with Gasteiger partial charge >= 0.3 is 0 Å². The summed E-state index contributed by atoms with van der Waals surface area (Å²) in [5.74, 6) is 0.966. The number of carbonyl (C=O) groups is 1. The van der Waals surface area contributed by atoms with Crippen molar-refractivity contribution in [1.29, 1.82) is 0 Å². The molecular formula is C24H24FN5O3S. The number of aromatic nitrogens is 3. The van der Waals surface area contributed by atoms with Crippen molar-refractivity contribution in [1.82, 2.24) is 20.3 Å². The average Bonchev–Trinajstić information content (AvgIpc) is 3.48. The smallest absolute Gasteiger partial charge is 0.262 e. The van der Waals surface area contributed by atoms with E-state index < -0.39 is 0 Å². The van der Waals surface area contributed by atoms with Crippen molar-refractivity contribution < 1.29 is 18.3 Å². The molecule has 3 heterocycles. The molecule has 0 radical (unpaired) electrons. The molecule has 1 saturated carbocycles. The fraction of sp³-hybridized carbons (Fsp3) is 0.333. The number of anilines is 2. The predicted molar refractivity (Wildman–Crippen MR) is 127 cm³/mol. The second-order valence-corrected chi connectivity index (χ2v) is 9.25. The van der Waals surface area contributed by atoms with Gasteiger partial charge < -0.3 is 19.8 Å². The Labute approximate surface area is 199 Å². The third-order valence-electron chi connectivity index (χ3n) is 5.88. The number of thiophene rings is 1. The number of carbonyl (C=O) groups excluding carboxylic acids is 1. The molecule has 34 heavy (non-hydrogen) atoms. The number of hydrogen-bond donors (Lipinski definition) is 2. The van der Waals surface area contributed by atoms with Gasteiger partial charge in [0.15, 0.2) is 6.39 Å². The molecule has 3 aromatic heterocycles. The molecule has 8 nitrogen and oxygen atoms in total. The van der Waals surface area contributed by atoms with Crippen LogP contribution in [0.5, 0.6) is 5.75 Å². The van der Waals surface area contributed by atoms with Gasteiger partial charge in [-0.3, -0.25) is 4.79 Å². The van der Waals surface area contributed by atoms with Crippen molar-refractivity contribution in [2.24, 2.45) is 0 Å². The number of hydrogen-bond acceptors (Lipinski definition) is 8. The maximum atomic E-state index is 14.0. The Morgan fingerprint density at radius 2 is 2.12 bits per heavy atom. The molecule has 1 fully saturated rings. The molecule has 1 aromatic carbocycles. The summed E-state index contributed by atoms with van der Waals surface area (Å²) in [6, 6.07) is 4.43. The lowest BCUT2D eigenvalue weighted by molar-refractivity contribution is 0.0951. The molecular weight excluding hydrogens is 457 g/mol. The number of halogens is 1. The third kappa shape index (κ3) is 4.72. The van der Waals surface area contributed by atoms with Crippen molar-refractivity contribution in [2.45, 2.75) is 51.7 Å². The zero-order valence-corrected chi connectivity index (χ0v) is 19.5. The van der Waals surface area contributed by atoms with Crippen molar-refractivity contribution >= 4 is 39.0 Å². The van der Waals surface area contributed by atoms with Crippen LogP contribution in [-0.2, 0) is 6.54 Å². The standard InChI is InChI=1S/C24H24FN5O3S/c1-14-20-22(30-18-8-7-15(25)9-19(18)33-16-5-3-2-4-6-16)28-12-29-24(20)34-21(14)23(31)27-11-17-10-26-13-32-17/h7-10,12-13,16H,2-6,11H2,1H3,(H,27,31)(H,28,29,30). The molecule has 176 valence electrons. The fourth-order valence-corrected chi connectivity index (χ4v) is 5.21. The van der Waals surface area contributed by atoms with Gasteiger partial charge in [-0.2, -0.15) is 0 Å². The Balaban J connectivity index is 1.42. The summed E-state index contributed by atoms with van der Waals surface area (Å²) in [4.78, 5) is 26.7. The maximum Gasteiger partial charge on any atom is 0.262 e. The van der Waals surface area contributed by atoms with Gasteiger partial charge in [-0.05, 0) is 50.3 Å². The van der Waals surface area contributed by atoms with Gasteiger partial charge in [-0.25, -0.2) is 19.3 Å². The van der Waals surface area contributed by atoms with E-state index in [1.807, 2.05) is 6.92 Å². The Hall–Kier alpha value is -3.53. The number of fused-ring (bicyclic) bond motifs is 1. The SMILES string of the molecule is Cc1c(C(=O)NCc2cnco2)sc2ncnc(Nc3ccc(F)cc3OC3CCCCC3)c12. The predicted octanol–water partition coefficient (Wildman–Crippen LogP) is 5.51. The highest BCUT2D eigenvalue weighted by molar-refractivity contribution is 7.20. The quantitative estimate of drug-likeness (QED) is 0.359. The molecule has 1 aliphatic carbocycles. The summed E-state index contributed by atoms with van der Waals surface area (Å²) in [6.07, 6.45) is 9.76. The van der Waals surface area contributed by atoms with Gasteiger partial charge in [0, 0.05) is 6.07 Å². The summed E-state index contributed by atoms with van der Waals surface area (Å²) >= 11 is 1.29. The van der Waals surface area contributed by atoms with E-state index in [4.69, 9.17) is 9.15 Å². The summed E-state index contributed by atoms with van der Waals surface area (Å²) in [7, 11) is 0. The number of benzene rings is 1. The highest BCUT2D eigenvalue weighted by Crippen LogP contribution is 2.37. The highest BCUT2D eigenvalue weighted by atomic mass is 32.1. The topological polar surface area (TPSA) is 102 Å². The second kappa shape index (κ2) is 9.76. The highest BCUT2D eigenvalue weighted by Gasteiger charge is 2.21. The third-order valence-corrected chi connectivity index (χ3v) is 7.08. The molecule has 1 aliphatic rings. The van der Waals surface area contributed by atoms with Crippen molar-refractivity contribution in [2.75, 3.05) is 5.32 Å². The lowest BCUT2D eigenvalue weighted by Gasteiger charge is -2.24. The number of amides is 1. The van der Waals surface area contributed by atoms with Gasteiger partial charge in [0.05, 0.1) is 34.8 Å². The first-order valence-electron chi connectivity index (χ1n) is 11.2. The van der Waals surface area contributed by atoms with Crippen LogP contribution in [0, 0.1) is 12.7 Å². The zero-order valence-electron chi connectivity index (χ0n) is 18.6. The molecule has 0 spiro atoms. The summed E-state index contributed by atoms with van der Waals surface area (Å²) in [5, 5.41) is 6.87. The first-order chi connectivity index (χ1) is 16.6.